The normalized spacial score (nSPS) is 14.8. The van der Waals surface area contributed by atoms with E-state index in [0.29, 0.717) is 37.1 Å². The van der Waals surface area contributed by atoms with Crippen molar-refractivity contribution in [2.24, 2.45) is 0 Å². The zero-order valence-electron chi connectivity index (χ0n) is 13.0. The number of amides is 1. The summed E-state index contributed by atoms with van der Waals surface area (Å²) < 4.78 is 6.25. The van der Waals surface area contributed by atoms with Gasteiger partial charge in [0.2, 0.25) is 5.91 Å². The first-order chi connectivity index (χ1) is 11.6. The lowest BCUT2D eigenvalue weighted by molar-refractivity contribution is -0.136. The third-order valence-corrected chi connectivity index (χ3v) is 3.91. The molecule has 24 heavy (non-hydrogen) atoms. The first-order valence-electron chi connectivity index (χ1n) is 7.62. The predicted octanol–water partition coefficient (Wildman–Crippen LogP) is -0.118. The van der Waals surface area contributed by atoms with E-state index in [1.54, 1.807) is 29.2 Å². The van der Waals surface area contributed by atoms with E-state index in [1.165, 1.54) is 0 Å². The van der Waals surface area contributed by atoms with Gasteiger partial charge in [-0.2, -0.15) is 5.10 Å². The largest absolute Gasteiger partial charge is 0.481 e. The van der Waals surface area contributed by atoms with Crippen LogP contribution in [0.5, 0.6) is 0 Å². The van der Waals surface area contributed by atoms with Crippen molar-refractivity contribution in [2.75, 3.05) is 26.3 Å². The molecule has 8 heteroatoms. The fourth-order valence-corrected chi connectivity index (χ4v) is 2.73. The lowest BCUT2D eigenvalue weighted by Crippen LogP contribution is -2.44. The number of carbonyl (C=O) groups excluding carboxylic acids is 1. The van der Waals surface area contributed by atoms with Crippen LogP contribution in [0.1, 0.15) is 5.69 Å². The van der Waals surface area contributed by atoms with Crippen molar-refractivity contribution in [1.82, 2.24) is 14.7 Å². The van der Waals surface area contributed by atoms with E-state index in [2.05, 4.69) is 5.10 Å². The molecule has 1 aromatic carbocycles. The van der Waals surface area contributed by atoms with Gasteiger partial charge in [-0.3, -0.25) is 14.4 Å². The number of morpholine rings is 1. The summed E-state index contributed by atoms with van der Waals surface area (Å²) in [5, 5.41) is 14.0. The van der Waals surface area contributed by atoms with Gasteiger partial charge in [-0.1, -0.05) is 18.2 Å². The van der Waals surface area contributed by atoms with Crippen LogP contribution in [-0.2, 0) is 27.3 Å². The molecular formula is C16H17N3O5. The number of rotatable bonds is 4. The number of carbonyl (C=O) groups is 2. The van der Waals surface area contributed by atoms with Crippen molar-refractivity contribution in [2.45, 2.75) is 13.0 Å². The molecule has 8 nitrogen and oxygen atoms in total. The minimum atomic E-state index is -1.04. The number of carboxylic acid groups (broad SMARTS) is 1. The van der Waals surface area contributed by atoms with E-state index < -0.39 is 11.5 Å². The molecule has 0 spiro atoms. The number of carboxylic acids is 1. The molecule has 1 aliphatic heterocycles. The van der Waals surface area contributed by atoms with Gasteiger partial charge in [0, 0.05) is 18.5 Å². The number of benzene rings is 1. The molecule has 2 heterocycles. The summed E-state index contributed by atoms with van der Waals surface area (Å²) in [4.78, 5) is 37.6. The number of hydrogen-bond donors (Lipinski definition) is 1. The van der Waals surface area contributed by atoms with Gasteiger partial charge in [0.1, 0.15) is 6.54 Å². The maximum atomic E-state index is 12.5. The minimum absolute atomic E-state index is 0.212. The Kier molecular flexibility index (Phi) is 4.57. The van der Waals surface area contributed by atoms with E-state index in [4.69, 9.17) is 9.84 Å². The van der Waals surface area contributed by atoms with Gasteiger partial charge in [-0.25, -0.2) is 4.68 Å². The molecular weight excluding hydrogens is 314 g/mol. The van der Waals surface area contributed by atoms with E-state index in [-0.39, 0.29) is 24.6 Å². The van der Waals surface area contributed by atoms with Crippen LogP contribution < -0.4 is 5.56 Å². The molecule has 0 bridgehead atoms. The van der Waals surface area contributed by atoms with Crippen LogP contribution in [0.15, 0.2) is 29.1 Å². The second-order valence-electron chi connectivity index (χ2n) is 5.52. The first kappa shape index (κ1) is 16.1. The van der Waals surface area contributed by atoms with Gasteiger partial charge in [-0.05, 0) is 6.07 Å². The Bertz CT molecular complexity index is 839. The number of nitrogens with zero attached hydrogens (tertiary/aromatic N) is 3. The highest BCUT2D eigenvalue weighted by Crippen LogP contribution is 2.14. The average Bonchev–Trinajstić information content (AvgIpc) is 2.59. The molecule has 0 radical (unpaired) electrons. The zero-order chi connectivity index (χ0) is 17.1. The Morgan fingerprint density at radius 3 is 2.50 bits per heavy atom. The van der Waals surface area contributed by atoms with Crippen molar-refractivity contribution >= 4 is 22.6 Å². The van der Waals surface area contributed by atoms with Gasteiger partial charge >= 0.3 is 5.97 Å². The molecule has 1 fully saturated rings. The smallest absolute Gasteiger partial charge is 0.309 e. The predicted molar refractivity (Wildman–Crippen MR) is 84.7 cm³/mol. The number of hydrogen-bond acceptors (Lipinski definition) is 5. The Labute approximate surface area is 137 Å². The molecule has 3 rings (SSSR count). The first-order valence-corrected chi connectivity index (χ1v) is 7.62. The van der Waals surface area contributed by atoms with E-state index in [1.807, 2.05) is 0 Å². The van der Waals surface area contributed by atoms with Gasteiger partial charge in [0.25, 0.3) is 5.56 Å². The van der Waals surface area contributed by atoms with Crippen LogP contribution in [0.4, 0.5) is 0 Å². The molecule has 1 saturated heterocycles. The lowest BCUT2D eigenvalue weighted by Gasteiger charge is -2.26. The molecule has 0 atom stereocenters. The van der Waals surface area contributed by atoms with Crippen LogP contribution >= 0.6 is 0 Å². The standard InChI is InChI=1S/C16H17N3O5/c20-14(18-5-7-24-8-6-18)10-19-16(23)12-4-2-1-3-11(12)13(17-19)9-15(21)22/h1-4H,5-10H2,(H,21,22). The summed E-state index contributed by atoms with van der Waals surface area (Å²) in [6.07, 6.45) is -0.313. The van der Waals surface area contributed by atoms with Crippen LogP contribution in [0.3, 0.4) is 0 Å². The van der Waals surface area contributed by atoms with Gasteiger partial charge in [0.15, 0.2) is 0 Å². The van der Waals surface area contributed by atoms with Crippen LogP contribution in [0.2, 0.25) is 0 Å². The number of aromatic nitrogens is 2. The molecule has 0 unspecified atom stereocenters. The Balaban J connectivity index is 1.97. The fourth-order valence-electron chi connectivity index (χ4n) is 2.73. The van der Waals surface area contributed by atoms with Crippen LogP contribution in [0.25, 0.3) is 10.8 Å². The van der Waals surface area contributed by atoms with Crippen molar-refractivity contribution < 1.29 is 19.4 Å². The number of fused-ring (bicyclic) bond motifs is 1. The Morgan fingerprint density at radius 1 is 1.17 bits per heavy atom. The molecule has 1 N–H and O–H groups in total. The van der Waals surface area contributed by atoms with Crippen LogP contribution in [-0.4, -0.2) is 58.0 Å². The third kappa shape index (κ3) is 3.28. The number of ether oxygens (including phenoxy) is 1. The van der Waals surface area contributed by atoms with E-state index in [0.717, 1.165) is 4.68 Å². The minimum Gasteiger partial charge on any atom is -0.481 e. The maximum Gasteiger partial charge on any atom is 0.309 e. The SMILES string of the molecule is O=C(O)Cc1nn(CC(=O)N2CCOCC2)c(=O)c2ccccc12. The highest BCUT2D eigenvalue weighted by molar-refractivity contribution is 5.86. The second-order valence-corrected chi connectivity index (χ2v) is 5.52. The molecule has 2 aromatic rings. The van der Waals surface area contributed by atoms with Gasteiger partial charge < -0.3 is 14.7 Å². The topological polar surface area (TPSA) is 102 Å². The Hall–Kier alpha value is -2.74. The van der Waals surface area contributed by atoms with Crippen molar-refractivity contribution in [1.29, 1.82) is 0 Å². The molecule has 1 aromatic heterocycles. The summed E-state index contributed by atoms with van der Waals surface area (Å²) in [7, 11) is 0. The molecule has 1 amide bonds. The monoisotopic (exact) mass is 331 g/mol. The second kappa shape index (κ2) is 6.79. The maximum absolute atomic E-state index is 12.5. The third-order valence-electron chi connectivity index (χ3n) is 3.91. The highest BCUT2D eigenvalue weighted by Gasteiger charge is 2.20. The summed E-state index contributed by atoms with van der Waals surface area (Å²) in [6, 6.07) is 6.69. The fraction of sp³-hybridized carbons (Fsp3) is 0.375. The summed E-state index contributed by atoms with van der Waals surface area (Å²) >= 11 is 0. The van der Waals surface area contributed by atoms with Crippen LogP contribution in [0, 0.1) is 0 Å². The molecule has 0 aliphatic carbocycles. The summed E-state index contributed by atoms with van der Waals surface area (Å²) in [6.45, 7) is 1.68. The zero-order valence-corrected chi connectivity index (χ0v) is 13.0. The van der Waals surface area contributed by atoms with E-state index >= 15 is 0 Å². The Morgan fingerprint density at radius 2 is 1.83 bits per heavy atom. The molecule has 1 aliphatic rings. The highest BCUT2D eigenvalue weighted by atomic mass is 16.5. The van der Waals surface area contributed by atoms with E-state index in [9.17, 15) is 14.4 Å². The quantitative estimate of drug-likeness (QED) is 0.838. The van der Waals surface area contributed by atoms with Gasteiger partial charge in [-0.15, -0.1) is 0 Å². The molecule has 126 valence electrons. The molecule has 0 saturated carbocycles. The average molecular weight is 331 g/mol. The van der Waals surface area contributed by atoms with Crippen molar-refractivity contribution in [3.8, 4) is 0 Å². The number of aliphatic carboxylic acids is 1. The lowest BCUT2D eigenvalue weighted by atomic mass is 10.1. The summed E-state index contributed by atoms with van der Waals surface area (Å²) in [5.74, 6) is -1.28. The summed E-state index contributed by atoms with van der Waals surface area (Å²) in [5.41, 5.74) is -0.131. The van der Waals surface area contributed by atoms with Gasteiger partial charge in [0.05, 0.1) is 30.7 Å². The van der Waals surface area contributed by atoms with Crippen molar-refractivity contribution in [3.05, 3.63) is 40.3 Å². The van der Waals surface area contributed by atoms with Crippen molar-refractivity contribution in [3.63, 3.8) is 0 Å².